The van der Waals surface area contributed by atoms with Crippen LogP contribution in [-0.2, 0) is 9.59 Å². The number of carbonyl (C=O) groups excluding carboxylic acids is 2. The minimum Gasteiger partial charge on any atom is -0.497 e. The Kier molecular flexibility index (Phi) is 8.49. The number of thiocarbonyl (C=S) groups is 1. The van der Waals surface area contributed by atoms with Gasteiger partial charge in [0.1, 0.15) is 15.8 Å². The molecule has 7 nitrogen and oxygen atoms in total. The summed E-state index contributed by atoms with van der Waals surface area (Å²) in [6.45, 7) is 0.859. The SMILES string of the molecule is COc1ccc(/C=C2\SC(=S)N(CCCC(=O)NCC(c3ccco3)N(C)C)C2=O)cc1. The number of nitrogens with one attached hydrogen (secondary N) is 1. The van der Waals surface area contributed by atoms with E-state index >= 15 is 0 Å². The summed E-state index contributed by atoms with van der Waals surface area (Å²) in [5.41, 5.74) is 0.901. The van der Waals surface area contributed by atoms with E-state index in [1.54, 1.807) is 18.3 Å². The number of furan rings is 1. The molecule has 1 fully saturated rings. The van der Waals surface area contributed by atoms with Gasteiger partial charge in [-0.15, -0.1) is 0 Å². The van der Waals surface area contributed by atoms with Gasteiger partial charge in [0.15, 0.2) is 0 Å². The van der Waals surface area contributed by atoms with Gasteiger partial charge >= 0.3 is 0 Å². The standard InChI is InChI=1S/C23H27N3O4S2/c1-25(2)18(19-6-5-13-30-19)15-24-21(27)7-4-12-26-22(28)20(32-23(26)31)14-16-8-10-17(29-3)11-9-16/h5-6,8-11,13-14,18H,4,7,12,15H2,1-3H3,(H,24,27)/b20-14-. The Morgan fingerprint density at radius 2 is 2.06 bits per heavy atom. The van der Waals surface area contributed by atoms with Gasteiger partial charge in [0, 0.05) is 19.5 Å². The molecule has 3 rings (SSSR count). The van der Waals surface area contributed by atoms with E-state index in [0.29, 0.717) is 35.2 Å². The van der Waals surface area contributed by atoms with E-state index in [9.17, 15) is 9.59 Å². The third-order valence-corrected chi connectivity index (χ3v) is 6.44. The molecule has 1 unspecified atom stereocenters. The van der Waals surface area contributed by atoms with Gasteiger partial charge in [0.2, 0.25) is 5.91 Å². The van der Waals surface area contributed by atoms with Crippen molar-refractivity contribution in [3.8, 4) is 5.75 Å². The average Bonchev–Trinajstić information content (AvgIpc) is 3.38. The minimum atomic E-state index is -0.123. The molecule has 1 saturated heterocycles. The Morgan fingerprint density at radius 1 is 1.31 bits per heavy atom. The van der Waals surface area contributed by atoms with E-state index in [4.69, 9.17) is 21.4 Å². The molecule has 1 aliphatic rings. The average molecular weight is 474 g/mol. The van der Waals surface area contributed by atoms with Gasteiger partial charge in [-0.2, -0.15) is 0 Å². The van der Waals surface area contributed by atoms with Crippen LogP contribution < -0.4 is 10.1 Å². The molecule has 1 aromatic carbocycles. The monoisotopic (exact) mass is 473 g/mol. The fourth-order valence-corrected chi connectivity index (χ4v) is 4.57. The number of hydrogen-bond acceptors (Lipinski definition) is 7. The summed E-state index contributed by atoms with van der Waals surface area (Å²) in [4.78, 5) is 29.2. The van der Waals surface area contributed by atoms with Crippen LogP contribution in [0.4, 0.5) is 0 Å². The molecule has 0 aliphatic carbocycles. The Hall–Kier alpha value is -2.62. The first-order chi connectivity index (χ1) is 15.4. The van der Waals surface area contributed by atoms with Gasteiger partial charge < -0.3 is 14.5 Å². The van der Waals surface area contributed by atoms with E-state index in [1.165, 1.54) is 11.8 Å². The number of amides is 2. The molecule has 0 radical (unpaired) electrons. The number of benzene rings is 1. The molecule has 1 aliphatic heterocycles. The molecule has 32 heavy (non-hydrogen) atoms. The van der Waals surface area contributed by atoms with Gasteiger partial charge in [-0.3, -0.25) is 19.4 Å². The van der Waals surface area contributed by atoms with Crippen molar-refractivity contribution in [1.82, 2.24) is 15.1 Å². The molecule has 0 bridgehead atoms. The van der Waals surface area contributed by atoms with Gasteiger partial charge in [-0.05, 0) is 56.4 Å². The summed E-state index contributed by atoms with van der Waals surface area (Å²) >= 11 is 6.66. The smallest absolute Gasteiger partial charge is 0.266 e. The maximum Gasteiger partial charge on any atom is 0.266 e. The highest BCUT2D eigenvalue weighted by Crippen LogP contribution is 2.33. The number of likely N-dealkylation sites (N-methyl/N-ethyl adjacent to an activating group) is 1. The van der Waals surface area contributed by atoms with Gasteiger partial charge in [-0.1, -0.05) is 36.1 Å². The molecule has 0 spiro atoms. The summed E-state index contributed by atoms with van der Waals surface area (Å²) < 4.78 is 11.1. The minimum absolute atomic E-state index is 0.0382. The van der Waals surface area contributed by atoms with Crippen LogP contribution in [-0.4, -0.2) is 60.2 Å². The van der Waals surface area contributed by atoms with Crippen molar-refractivity contribution in [1.29, 1.82) is 0 Å². The first-order valence-corrected chi connectivity index (χ1v) is 11.5. The third kappa shape index (κ3) is 6.21. The van der Waals surface area contributed by atoms with Crippen LogP contribution >= 0.6 is 24.0 Å². The quantitative estimate of drug-likeness (QED) is 0.417. The molecule has 1 N–H and O–H groups in total. The fraction of sp³-hybridized carbons (Fsp3) is 0.348. The number of nitrogens with zero attached hydrogens (tertiary/aromatic N) is 2. The van der Waals surface area contributed by atoms with Crippen LogP contribution in [0, 0.1) is 0 Å². The Morgan fingerprint density at radius 3 is 2.69 bits per heavy atom. The zero-order valence-electron chi connectivity index (χ0n) is 18.4. The summed E-state index contributed by atoms with van der Waals surface area (Å²) in [5, 5.41) is 2.95. The van der Waals surface area contributed by atoms with Crippen molar-refractivity contribution < 1.29 is 18.7 Å². The lowest BCUT2D eigenvalue weighted by Crippen LogP contribution is -2.35. The first kappa shape index (κ1) is 24.0. The second-order valence-electron chi connectivity index (χ2n) is 7.51. The molecule has 0 saturated carbocycles. The maximum atomic E-state index is 12.7. The highest BCUT2D eigenvalue weighted by atomic mass is 32.2. The normalized spacial score (nSPS) is 16.1. The number of rotatable bonds is 10. The Bertz CT molecular complexity index is 972. The van der Waals surface area contributed by atoms with Gasteiger partial charge in [-0.25, -0.2) is 0 Å². The summed E-state index contributed by atoms with van der Waals surface area (Å²) in [6.07, 6.45) is 4.29. The molecule has 2 amide bonds. The van der Waals surface area contributed by atoms with Crippen molar-refractivity contribution in [3.05, 3.63) is 58.9 Å². The molecule has 2 aromatic rings. The lowest BCUT2D eigenvalue weighted by molar-refractivity contribution is -0.124. The second kappa shape index (κ2) is 11.3. The van der Waals surface area contributed by atoms with Crippen molar-refractivity contribution in [3.63, 3.8) is 0 Å². The van der Waals surface area contributed by atoms with Crippen molar-refractivity contribution in [2.24, 2.45) is 0 Å². The molecule has 1 aromatic heterocycles. The Balaban J connectivity index is 1.47. The van der Waals surface area contributed by atoms with E-state index in [1.807, 2.05) is 61.5 Å². The molecule has 1 atom stereocenters. The topological polar surface area (TPSA) is 75.0 Å². The number of hydrogen-bond donors (Lipinski definition) is 1. The number of carbonyl (C=O) groups is 2. The highest BCUT2D eigenvalue weighted by Gasteiger charge is 2.31. The van der Waals surface area contributed by atoms with Crippen LogP contribution in [0.3, 0.4) is 0 Å². The van der Waals surface area contributed by atoms with Crippen LogP contribution in [0.15, 0.2) is 52.0 Å². The highest BCUT2D eigenvalue weighted by molar-refractivity contribution is 8.26. The van der Waals surface area contributed by atoms with E-state index in [0.717, 1.165) is 17.1 Å². The number of ether oxygens (including phenoxy) is 1. The van der Waals surface area contributed by atoms with Crippen LogP contribution in [0.25, 0.3) is 6.08 Å². The van der Waals surface area contributed by atoms with Crippen molar-refractivity contribution in [2.45, 2.75) is 18.9 Å². The predicted octanol–water partition coefficient (Wildman–Crippen LogP) is 3.69. The predicted molar refractivity (Wildman–Crippen MR) is 130 cm³/mol. The third-order valence-electron chi connectivity index (χ3n) is 5.06. The first-order valence-electron chi connectivity index (χ1n) is 10.2. The van der Waals surface area contributed by atoms with Crippen LogP contribution in [0.1, 0.15) is 30.2 Å². The summed E-state index contributed by atoms with van der Waals surface area (Å²) in [7, 11) is 5.49. The molecular weight excluding hydrogens is 446 g/mol. The summed E-state index contributed by atoms with van der Waals surface area (Å²) in [6, 6.07) is 11.2. The zero-order chi connectivity index (χ0) is 23.1. The fourth-order valence-electron chi connectivity index (χ4n) is 3.26. The number of thioether (sulfide) groups is 1. The zero-order valence-corrected chi connectivity index (χ0v) is 20.0. The maximum absolute atomic E-state index is 12.7. The van der Waals surface area contributed by atoms with Crippen molar-refractivity contribution in [2.75, 3.05) is 34.3 Å². The van der Waals surface area contributed by atoms with Crippen LogP contribution in [0.2, 0.25) is 0 Å². The van der Waals surface area contributed by atoms with Crippen LogP contribution in [0.5, 0.6) is 5.75 Å². The lowest BCUT2D eigenvalue weighted by atomic mass is 10.2. The summed E-state index contributed by atoms with van der Waals surface area (Å²) in [5.74, 6) is 1.37. The molecular formula is C23H27N3O4S2. The second-order valence-corrected chi connectivity index (χ2v) is 9.18. The molecule has 2 heterocycles. The lowest BCUT2D eigenvalue weighted by Gasteiger charge is -2.22. The molecule has 9 heteroatoms. The molecule has 170 valence electrons. The number of methoxy groups -OCH3 is 1. The van der Waals surface area contributed by atoms with E-state index in [-0.39, 0.29) is 17.9 Å². The van der Waals surface area contributed by atoms with Gasteiger partial charge in [0.25, 0.3) is 5.91 Å². The van der Waals surface area contributed by atoms with E-state index < -0.39 is 0 Å². The largest absolute Gasteiger partial charge is 0.497 e. The van der Waals surface area contributed by atoms with Gasteiger partial charge in [0.05, 0.1) is 24.3 Å². The Labute approximate surface area is 197 Å². The van der Waals surface area contributed by atoms with E-state index in [2.05, 4.69) is 5.32 Å². The van der Waals surface area contributed by atoms with Crippen molar-refractivity contribution >= 4 is 46.2 Å².